The van der Waals surface area contributed by atoms with Crippen molar-refractivity contribution in [3.05, 3.63) is 36.0 Å². The molecule has 0 saturated heterocycles. The molecule has 1 unspecified atom stereocenters. The smallest absolute Gasteiger partial charge is 0.305 e. The molecule has 8 nitrogen and oxygen atoms in total. The Bertz CT molecular complexity index is 745. The molecule has 2 rings (SSSR count). The lowest BCUT2D eigenvalue weighted by Gasteiger charge is -2.12. The van der Waals surface area contributed by atoms with Crippen LogP contribution in [0.3, 0.4) is 0 Å². The molecule has 0 aliphatic heterocycles. The number of rotatable bonds is 13. The van der Waals surface area contributed by atoms with Crippen LogP contribution in [-0.4, -0.2) is 61.7 Å². The molecule has 0 bridgehead atoms. The molecule has 0 saturated carbocycles. The summed E-state index contributed by atoms with van der Waals surface area (Å²) in [6.07, 6.45) is 1.79. The summed E-state index contributed by atoms with van der Waals surface area (Å²) in [7, 11) is 1.58. The Morgan fingerprint density at radius 2 is 1.93 bits per heavy atom. The summed E-state index contributed by atoms with van der Waals surface area (Å²) < 4.78 is 15.0. The molecule has 3 N–H and O–H groups in total. The summed E-state index contributed by atoms with van der Waals surface area (Å²) in [5, 5.41) is 13.7. The van der Waals surface area contributed by atoms with E-state index in [0.29, 0.717) is 32.7 Å². The Morgan fingerprint density at radius 1 is 1.14 bits per heavy atom. The fraction of sp³-hybridized carbons (Fsp3) is 0.500. The number of amides is 1. The molecule has 28 heavy (non-hydrogen) atoms. The lowest BCUT2D eigenvalue weighted by atomic mass is 10.1. The molecular formula is C20H28N2O6. The van der Waals surface area contributed by atoms with Gasteiger partial charge in [-0.2, -0.15) is 0 Å². The van der Waals surface area contributed by atoms with E-state index >= 15 is 0 Å². The van der Waals surface area contributed by atoms with Crippen LogP contribution in [0, 0.1) is 0 Å². The molecular weight excluding hydrogens is 364 g/mol. The molecule has 1 heterocycles. The summed E-state index contributed by atoms with van der Waals surface area (Å²) in [6.45, 7) is 1.44. The Balaban J connectivity index is 1.58. The van der Waals surface area contributed by atoms with Crippen molar-refractivity contribution < 1.29 is 28.9 Å². The predicted octanol–water partition coefficient (Wildman–Crippen LogP) is 1.52. The number of aliphatic hydroxyl groups is 1. The number of aliphatic hydroxyl groups excluding tert-OH is 1. The number of methoxy groups -OCH3 is 1. The Morgan fingerprint density at radius 3 is 2.75 bits per heavy atom. The molecule has 0 aliphatic carbocycles. The molecule has 0 spiro atoms. The maximum absolute atomic E-state index is 11.9. The Labute approximate surface area is 164 Å². The van der Waals surface area contributed by atoms with Gasteiger partial charge in [0, 0.05) is 43.5 Å². The van der Waals surface area contributed by atoms with E-state index in [1.807, 2.05) is 30.5 Å². The maximum atomic E-state index is 11.9. The first-order chi connectivity index (χ1) is 13.6. The third-order valence-electron chi connectivity index (χ3n) is 4.12. The van der Waals surface area contributed by atoms with E-state index in [1.165, 1.54) is 0 Å². The first kappa shape index (κ1) is 21.9. The normalized spacial score (nSPS) is 12.1. The van der Waals surface area contributed by atoms with Gasteiger partial charge in [0.05, 0.1) is 19.8 Å². The monoisotopic (exact) mass is 392 g/mol. The van der Waals surface area contributed by atoms with Crippen molar-refractivity contribution in [3.63, 3.8) is 0 Å². The molecule has 0 fully saturated rings. The molecule has 1 aromatic heterocycles. The highest BCUT2D eigenvalue weighted by molar-refractivity contribution is 5.83. The van der Waals surface area contributed by atoms with Crippen LogP contribution >= 0.6 is 0 Å². The second-order valence-electron chi connectivity index (χ2n) is 6.33. The summed E-state index contributed by atoms with van der Waals surface area (Å²) in [6, 6.07) is 7.77. The van der Waals surface area contributed by atoms with Crippen LogP contribution in [0.15, 0.2) is 30.5 Å². The van der Waals surface area contributed by atoms with Crippen LogP contribution in [-0.2, 0) is 30.2 Å². The number of nitrogens with one attached hydrogen (secondary N) is 2. The van der Waals surface area contributed by atoms with Crippen molar-refractivity contribution in [1.29, 1.82) is 0 Å². The summed E-state index contributed by atoms with van der Waals surface area (Å²) in [5.41, 5.74) is 1.92. The average Bonchev–Trinajstić information content (AvgIpc) is 3.07. The number of esters is 1. The van der Waals surface area contributed by atoms with Crippen molar-refractivity contribution in [1.82, 2.24) is 10.3 Å². The van der Waals surface area contributed by atoms with Gasteiger partial charge in [0.1, 0.15) is 12.8 Å². The van der Waals surface area contributed by atoms with Crippen molar-refractivity contribution in [3.8, 4) is 0 Å². The molecule has 0 aliphatic rings. The fourth-order valence-corrected chi connectivity index (χ4v) is 2.74. The van der Waals surface area contributed by atoms with E-state index in [0.717, 1.165) is 16.5 Å². The fourth-order valence-electron chi connectivity index (χ4n) is 2.74. The number of para-hydroxylation sites is 1. The van der Waals surface area contributed by atoms with Crippen LogP contribution in [0.25, 0.3) is 10.9 Å². The van der Waals surface area contributed by atoms with Crippen LogP contribution in [0.2, 0.25) is 0 Å². The molecule has 154 valence electrons. The van der Waals surface area contributed by atoms with Crippen LogP contribution in [0.5, 0.6) is 0 Å². The summed E-state index contributed by atoms with van der Waals surface area (Å²) >= 11 is 0. The van der Waals surface area contributed by atoms with Crippen molar-refractivity contribution in [2.24, 2.45) is 0 Å². The van der Waals surface area contributed by atoms with Gasteiger partial charge in [-0.25, -0.2) is 0 Å². The minimum atomic E-state index is -0.983. The zero-order valence-corrected chi connectivity index (χ0v) is 16.1. The number of benzene rings is 1. The summed E-state index contributed by atoms with van der Waals surface area (Å²) in [4.78, 5) is 26.6. The van der Waals surface area contributed by atoms with Crippen LogP contribution in [0.1, 0.15) is 24.8 Å². The standard InChI is InChI=1S/C20H28N2O6/c1-26-9-10-27-11-12-28-20(25)8-4-7-18(23)22-19(24)13-15-14-21-17-6-3-2-5-16(15)17/h2-3,5-6,14,19,21,24H,4,7-13H2,1H3,(H,22,23). The van der Waals surface area contributed by atoms with Gasteiger partial charge in [-0.1, -0.05) is 18.2 Å². The first-order valence-corrected chi connectivity index (χ1v) is 9.35. The number of carbonyl (C=O) groups is 2. The number of ether oxygens (including phenoxy) is 3. The quantitative estimate of drug-likeness (QED) is 0.271. The number of hydrogen-bond acceptors (Lipinski definition) is 6. The number of aromatic nitrogens is 1. The third kappa shape index (κ3) is 7.67. The van der Waals surface area contributed by atoms with Crippen LogP contribution in [0.4, 0.5) is 0 Å². The zero-order chi connectivity index (χ0) is 20.2. The van der Waals surface area contributed by atoms with Gasteiger partial charge < -0.3 is 29.6 Å². The highest BCUT2D eigenvalue weighted by Crippen LogP contribution is 2.18. The highest BCUT2D eigenvalue weighted by Gasteiger charge is 2.13. The number of carbonyl (C=O) groups excluding carboxylic acids is 2. The van der Waals surface area contributed by atoms with Gasteiger partial charge >= 0.3 is 5.97 Å². The van der Waals surface area contributed by atoms with Crippen LogP contribution < -0.4 is 5.32 Å². The number of fused-ring (bicyclic) bond motifs is 1. The largest absolute Gasteiger partial charge is 0.463 e. The lowest BCUT2D eigenvalue weighted by Crippen LogP contribution is -2.36. The van der Waals surface area contributed by atoms with Gasteiger partial charge in [-0.15, -0.1) is 0 Å². The van der Waals surface area contributed by atoms with E-state index in [9.17, 15) is 14.7 Å². The van der Waals surface area contributed by atoms with Gasteiger partial charge in [0.2, 0.25) is 5.91 Å². The Hall–Kier alpha value is -2.42. The van der Waals surface area contributed by atoms with Gasteiger partial charge in [-0.05, 0) is 18.1 Å². The zero-order valence-electron chi connectivity index (χ0n) is 16.1. The predicted molar refractivity (Wildman–Crippen MR) is 104 cm³/mol. The molecule has 8 heteroatoms. The number of hydrogen-bond donors (Lipinski definition) is 3. The minimum Gasteiger partial charge on any atom is -0.463 e. The molecule has 1 atom stereocenters. The minimum absolute atomic E-state index is 0.143. The van der Waals surface area contributed by atoms with Crippen molar-refractivity contribution in [2.45, 2.75) is 31.9 Å². The second-order valence-corrected chi connectivity index (χ2v) is 6.33. The van der Waals surface area contributed by atoms with E-state index < -0.39 is 6.23 Å². The maximum Gasteiger partial charge on any atom is 0.305 e. The lowest BCUT2D eigenvalue weighted by molar-refractivity contribution is -0.145. The van der Waals surface area contributed by atoms with E-state index in [2.05, 4.69) is 10.3 Å². The molecule has 1 amide bonds. The van der Waals surface area contributed by atoms with E-state index in [1.54, 1.807) is 7.11 Å². The van der Waals surface area contributed by atoms with Gasteiger partial charge in [0.25, 0.3) is 0 Å². The highest BCUT2D eigenvalue weighted by atomic mass is 16.6. The van der Waals surface area contributed by atoms with E-state index in [4.69, 9.17) is 14.2 Å². The topological polar surface area (TPSA) is 110 Å². The van der Waals surface area contributed by atoms with Crippen molar-refractivity contribution in [2.75, 3.05) is 33.5 Å². The van der Waals surface area contributed by atoms with Gasteiger partial charge in [-0.3, -0.25) is 9.59 Å². The Kier molecular flexibility index (Phi) is 9.47. The average molecular weight is 392 g/mol. The van der Waals surface area contributed by atoms with Crippen molar-refractivity contribution >= 4 is 22.8 Å². The molecule has 2 aromatic rings. The SMILES string of the molecule is COCCOCCOC(=O)CCCC(=O)NC(O)Cc1c[nH]c2ccccc12. The number of aromatic amines is 1. The summed E-state index contributed by atoms with van der Waals surface area (Å²) in [5.74, 6) is -0.675. The number of H-pyrrole nitrogens is 1. The molecule has 0 radical (unpaired) electrons. The third-order valence-corrected chi connectivity index (χ3v) is 4.12. The first-order valence-electron chi connectivity index (χ1n) is 9.35. The van der Waals surface area contributed by atoms with E-state index in [-0.39, 0.29) is 31.3 Å². The second kappa shape index (κ2) is 12.1. The van der Waals surface area contributed by atoms with Gasteiger partial charge in [0.15, 0.2) is 0 Å². The molecule has 1 aromatic carbocycles.